The van der Waals surface area contributed by atoms with Crippen molar-refractivity contribution >= 4 is 29.6 Å². The van der Waals surface area contributed by atoms with Gasteiger partial charge in [-0.15, -0.1) is 10.2 Å². The maximum atomic E-state index is 12.5. The molecule has 0 saturated carbocycles. The summed E-state index contributed by atoms with van der Waals surface area (Å²) in [6.07, 6.45) is 2.84. The molecule has 0 aromatic carbocycles. The molecule has 1 fully saturated rings. The highest BCUT2D eigenvalue weighted by Crippen LogP contribution is 2.30. The molecule has 9 nitrogen and oxygen atoms in total. The van der Waals surface area contributed by atoms with Crippen molar-refractivity contribution in [3.05, 3.63) is 24.2 Å². The van der Waals surface area contributed by atoms with Gasteiger partial charge in [0.05, 0.1) is 18.1 Å². The van der Waals surface area contributed by atoms with Crippen LogP contribution in [-0.4, -0.2) is 51.6 Å². The van der Waals surface area contributed by atoms with Gasteiger partial charge in [0, 0.05) is 19.6 Å². The molecule has 32 heavy (non-hydrogen) atoms. The quantitative estimate of drug-likeness (QED) is 0.580. The molecule has 0 bridgehead atoms. The molecule has 3 unspecified atom stereocenters. The fraction of sp³-hybridized carbons (Fsp3) is 0.636. The summed E-state index contributed by atoms with van der Waals surface area (Å²) in [6.45, 7) is 13.1. The number of nitrogens with zero attached hydrogens (tertiary/aromatic N) is 4. The summed E-state index contributed by atoms with van der Waals surface area (Å²) in [4.78, 5) is 26.8. The Balaban J connectivity index is 1.74. The van der Waals surface area contributed by atoms with Gasteiger partial charge in [0.15, 0.2) is 5.16 Å². The molecular formula is C22H34N6O3S. The van der Waals surface area contributed by atoms with Crippen LogP contribution in [0, 0.1) is 17.8 Å². The Bertz CT molecular complexity index is 888. The normalized spacial score (nSPS) is 19.8. The summed E-state index contributed by atoms with van der Waals surface area (Å²) in [7, 11) is 0. The molecule has 3 amide bonds. The zero-order valence-corrected chi connectivity index (χ0v) is 20.3. The first-order valence-corrected chi connectivity index (χ1v) is 12.1. The third kappa shape index (κ3) is 6.51. The monoisotopic (exact) mass is 462 g/mol. The van der Waals surface area contributed by atoms with Gasteiger partial charge in [-0.25, -0.2) is 4.79 Å². The Morgan fingerprint density at radius 3 is 2.56 bits per heavy atom. The number of carbonyl (C=O) groups is 2. The van der Waals surface area contributed by atoms with Gasteiger partial charge < -0.3 is 14.6 Å². The van der Waals surface area contributed by atoms with E-state index in [1.807, 2.05) is 30.5 Å². The van der Waals surface area contributed by atoms with Crippen LogP contribution < -0.4 is 15.5 Å². The van der Waals surface area contributed by atoms with Gasteiger partial charge in [0.1, 0.15) is 5.76 Å². The number of hydrogen-bond acceptors (Lipinski definition) is 7. The highest BCUT2D eigenvalue weighted by atomic mass is 32.2. The zero-order valence-electron chi connectivity index (χ0n) is 19.5. The van der Waals surface area contributed by atoms with Gasteiger partial charge in [0.25, 0.3) is 0 Å². The van der Waals surface area contributed by atoms with Crippen molar-refractivity contribution in [3.8, 4) is 0 Å². The molecule has 10 heteroatoms. The van der Waals surface area contributed by atoms with Gasteiger partial charge in [-0.1, -0.05) is 39.5 Å². The van der Waals surface area contributed by atoms with Crippen LogP contribution in [0.4, 0.5) is 10.7 Å². The summed E-state index contributed by atoms with van der Waals surface area (Å²) in [5.41, 5.74) is 0. The molecule has 2 aromatic heterocycles. The van der Waals surface area contributed by atoms with Crippen molar-refractivity contribution in [2.45, 2.75) is 58.0 Å². The van der Waals surface area contributed by atoms with E-state index >= 15 is 0 Å². The van der Waals surface area contributed by atoms with Crippen LogP contribution >= 0.6 is 11.8 Å². The summed E-state index contributed by atoms with van der Waals surface area (Å²) in [5, 5.41) is 14.1. The Morgan fingerprint density at radius 2 is 1.94 bits per heavy atom. The van der Waals surface area contributed by atoms with Crippen molar-refractivity contribution in [2.24, 2.45) is 17.8 Å². The van der Waals surface area contributed by atoms with Crippen molar-refractivity contribution in [1.29, 1.82) is 0 Å². The Kier molecular flexibility index (Phi) is 8.22. The molecule has 3 rings (SSSR count). The Morgan fingerprint density at radius 1 is 1.22 bits per heavy atom. The number of carbonyl (C=O) groups excluding carboxylic acids is 2. The number of aromatic nitrogens is 3. The van der Waals surface area contributed by atoms with Gasteiger partial charge in [-0.3, -0.25) is 14.7 Å². The number of anilines is 1. The van der Waals surface area contributed by atoms with Crippen LogP contribution in [-0.2, 0) is 11.3 Å². The number of nitrogens with one attached hydrogen (secondary N) is 2. The molecule has 0 aliphatic carbocycles. The fourth-order valence-electron chi connectivity index (χ4n) is 3.89. The molecular weight excluding hydrogens is 428 g/mol. The number of hydrogen-bond donors (Lipinski definition) is 2. The predicted molar refractivity (Wildman–Crippen MR) is 125 cm³/mol. The minimum absolute atomic E-state index is 0.307. The summed E-state index contributed by atoms with van der Waals surface area (Å²) in [5.74, 6) is 2.64. The number of thioether (sulfide) groups is 1. The highest BCUT2D eigenvalue weighted by molar-refractivity contribution is 8.00. The number of rotatable bonds is 8. The molecule has 1 saturated heterocycles. The molecule has 1 aliphatic rings. The van der Waals surface area contributed by atoms with E-state index < -0.39 is 11.3 Å². The summed E-state index contributed by atoms with van der Waals surface area (Å²) in [6, 6.07) is 3.28. The topological polar surface area (TPSA) is 105 Å². The Hall–Kier alpha value is -2.49. The van der Waals surface area contributed by atoms with E-state index in [-0.39, 0.29) is 5.91 Å². The first-order chi connectivity index (χ1) is 15.2. The largest absolute Gasteiger partial charge is 0.467 e. The second-order valence-electron chi connectivity index (χ2n) is 9.15. The first-order valence-electron chi connectivity index (χ1n) is 11.2. The number of furan rings is 1. The van der Waals surface area contributed by atoms with Gasteiger partial charge in [0.2, 0.25) is 11.9 Å². The van der Waals surface area contributed by atoms with Crippen LogP contribution in [0.3, 0.4) is 0 Å². The summed E-state index contributed by atoms with van der Waals surface area (Å²) < 4.78 is 7.56. The smallest absolute Gasteiger partial charge is 0.321 e. The van der Waals surface area contributed by atoms with E-state index in [2.05, 4.69) is 39.6 Å². The second kappa shape index (κ2) is 10.9. The number of imide groups is 1. The SMILES string of the molecule is CC(C)CNC(=O)NC(=O)C(C)Sc1nnc(N2CC(C)CC(C)C2)n1Cc1ccco1. The van der Waals surface area contributed by atoms with Crippen molar-refractivity contribution in [3.63, 3.8) is 0 Å². The maximum absolute atomic E-state index is 12.5. The number of urea groups is 1. The molecule has 1 aliphatic heterocycles. The van der Waals surface area contributed by atoms with Gasteiger partial charge in [-0.2, -0.15) is 0 Å². The van der Waals surface area contributed by atoms with Crippen LogP contribution in [0.15, 0.2) is 28.0 Å². The second-order valence-corrected chi connectivity index (χ2v) is 10.5. The van der Waals surface area contributed by atoms with Crippen LogP contribution in [0.2, 0.25) is 0 Å². The molecule has 3 heterocycles. The zero-order chi connectivity index (χ0) is 23.3. The third-order valence-corrected chi connectivity index (χ3v) is 6.38. The van der Waals surface area contributed by atoms with E-state index in [4.69, 9.17) is 4.42 Å². The van der Waals surface area contributed by atoms with E-state index in [1.54, 1.807) is 13.2 Å². The molecule has 0 spiro atoms. The molecule has 0 radical (unpaired) electrons. The van der Waals surface area contributed by atoms with Crippen molar-refractivity contribution < 1.29 is 14.0 Å². The van der Waals surface area contributed by atoms with Crippen LogP contribution in [0.1, 0.15) is 46.8 Å². The lowest BCUT2D eigenvalue weighted by Crippen LogP contribution is -2.43. The maximum Gasteiger partial charge on any atom is 0.321 e. The van der Waals surface area contributed by atoms with Crippen molar-refractivity contribution in [1.82, 2.24) is 25.4 Å². The van der Waals surface area contributed by atoms with E-state index in [0.29, 0.717) is 36.0 Å². The lowest BCUT2D eigenvalue weighted by Gasteiger charge is -2.35. The van der Waals surface area contributed by atoms with E-state index in [1.165, 1.54) is 18.2 Å². The van der Waals surface area contributed by atoms with E-state index in [9.17, 15) is 9.59 Å². The average molecular weight is 463 g/mol. The minimum Gasteiger partial charge on any atom is -0.467 e. The Labute approximate surface area is 193 Å². The molecule has 176 valence electrons. The standard InChI is InChI=1S/C22H34N6O3S/c1-14(2)10-23-20(30)24-19(29)17(5)32-22-26-25-21(27-11-15(3)9-16(4)12-27)28(22)13-18-7-6-8-31-18/h6-8,14-17H,9-13H2,1-5H3,(H2,23,24,29,30). The lowest BCUT2D eigenvalue weighted by atomic mass is 9.92. The number of piperidine rings is 1. The lowest BCUT2D eigenvalue weighted by molar-refractivity contribution is -0.119. The minimum atomic E-state index is -0.522. The fourth-order valence-corrected chi connectivity index (χ4v) is 4.73. The molecule has 2 aromatic rings. The van der Waals surface area contributed by atoms with Crippen LogP contribution in [0.5, 0.6) is 0 Å². The van der Waals surface area contributed by atoms with Crippen LogP contribution in [0.25, 0.3) is 0 Å². The first kappa shape index (κ1) is 24.2. The van der Waals surface area contributed by atoms with Gasteiger partial charge in [-0.05, 0) is 43.2 Å². The van der Waals surface area contributed by atoms with E-state index in [0.717, 1.165) is 24.8 Å². The van der Waals surface area contributed by atoms with Gasteiger partial charge >= 0.3 is 6.03 Å². The molecule has 3 atom stereocenters. The predicted octanol–water partition coefficient (Wildman–Crippen LogP) is 3.36. The highest BCUT2D eigenvalue weighted by Gasteiger charge is 2.28. The third-order valence-electron chi connectivity index (χ3n) is 5.30. The average Bonchev–Trinajstić information content (AvgIpc) is 3.36. The van der Waals surface area contributed by atoms with Crippen molar-refractivity contribution in [2.75, 3.05) is 24.5 Å². The molecule has 2 N–H and O–H groups in total. The summed E-state index contributed by atoms with van der Waals surface area (Å²) >= 11 is 1.28. The number of amides is 3.